The lowest BCUT2D eigenvalue weighted by Crippen LogP contribution is -2.50. The number of nitrogens with one attached hydrogen (secondary N) is 2. The Morgan fingerprint density at radius 2 is 1.94 bits per heavy atom. The highest BCUT2D eigenvalue weighted by atomic mass is 127. The summed E-state index contributed by atoms with van der Waals surface area (Å²) in [5.74, 6) is 0.692. The van der Waals surface area contributed by atoms with E-state index in [0.29, 0.717) is 19.7 Å². The number of hydrogen-bond acceptors (Lipinski definition) is 3. The van der Waals surface area contributed by atoms with Crippen molar-refractivity contribution in [3.05, 3.63) is 70.8 Å². The van der Waals surface area contributed by atoms with E-state index in [1.807, 2.05) is 18.2 Å². The van der Waals surface area contributed by atoms with Crippen molar-refractivity contribution < 1.29 is 9.53 Å². The van der Waals surface area contributed by atoms with Crippen LogP contribution >= 0.6 is 24.0 Å². The van der Waals surface area contributed by atoms with Gasteiger partial charge in [0.1, 0.15) is 6.10 Å². The number of carbonyl (C=O) groups excluding carboxylic acids is 1. The molecule has 2 aromatic rings. The second-order valence-electron chi connectivity index (χ2n) is 7.65. The minimum atomic E-state index is -0.0359. The number of aliphatic imine (C=N–C) groups is 1. The molecule has 1 atom stereocenters. The maximum Gasteiger partial charge on any atom is 0.239 e. The zero-order valence-electron chi connectivity index (χ0n) is 18.6. The number of rotatable bonds is 6. The van der Waals surface area contributed by atoms with Crippen molar-refractivity contribution in [1.29, 1.82) is 0 Å². The van der Waals surface area contributed by atoms with E-state index in [1.165, 1.54) is 22.3 Å². The molecule has 1 unspecified atom stereocenters. The van der Waals surface area contributed by atoms with Crippen molar-refractivity contribution in [2.45, 2.75) is 26.4 Å². The highest BCUT2D eigenvalue weighted by molar-refractivity contribution is 14.0. The molecule has 7 heteroatoms. The Balaban J connectivity index is 0.00000341. The maximum atomic E-state index is 12.2. The molecule has 6 nitrogen and oxygen atoms in total. The van der Waals surface area contributed by atoms with Crippen molar-refractivity contribution >= 4 is 35.8 Å². The molecule has 1 fully saturated rings. The van der Waals surface area contributed by atoms with Crippen LogP contribution in [0.15, 0.2) is 53.5 Å². The van der Waals surface area contributed by atoms with Gasteiger partial charge in [0, 0.05) is 20.1 Å². The number of morpholine rings is 1. The molecule has 31 heavy (non-hydrogen) atoms. The topological polar surface area (TPSA) is 66.0 Å². The summed E-state index contributed by atoms with van der Waals surface area (Å²) in [5.41, 5.74) is 4.91. The first-order valence-corrected chi connectivity index (χ1v) is 10.5. The Morgan fingerprint density at radius 3 is 2.65 bits per heavy atom. The Hall–Kier alpha value is -2.13. The molecule has 0 saturated carbocycles. The fraction of sp³-hybridized carbons (Fsp3) is 0.417. The first-order valence-electron chi connectivity index (χ1n) is 10.5. The van der Waals surface area contributed by atoms with Gasteiger partial charge in [0.25, 0.3) is 0 Å². The molecule has 0 radical (unpaired) electrons. The smallest absolute Gasteiger partial charge is 0.239 e. The molecule has 1 aliphatic rings. The molecule has 2 N–H and O–H groups in total. The summed E-state index contributed by atoms with van der Waals surface area (Å²) in [6.45, 7) is 7.12. The van der Waals surface area contributed by atoms with Crippen LogP contribution in [0.1, 0.15) is 28.4 Å². The first kappa shape index (κ1) is 25.1. The predicted molar refractivity (Wildman–Crippen MR) is 136 cm³/mol. The normalized spacial score (nSPS) is 16.4. The number of aryl methyl sites for hydroxylation is 2. The number of carbonyl (C=O) groups is 1. The predicted octanol–water partition coefficient (Wildman–Crippen LogP) is 3.23. The van der Waals surface area contributed by atoms with Gasteiger partial charge >= 0.3 is 0 Å². The number of hydrogen-bond donors (Lipinski definition) is 2. The molecule has 1 amide bonds. The summed E-state index contributed by atoms with van der Waals surface area (Å²) < 4.78 is 6.03. The number of benzene rings is 2. The lowest BCUT2D eigenvalue weighted by Gasteiger charge is -2.35. The van der Waals surface area contributed by atoms with Crippen LogP contribution in [0.2, 0.25) is 0 Å². The van der Waals surface area contributed by atoms with Crippen LogP contribution in [0.4, 0.5) is 0 Å². The van der Waals surface area contributed by atoms with E-state index in [4.69, 9.17) is 4.74 Å². The minimum Gasteiger partial charge on any atom is -0.370 e. The third-order valence-electron chi connectivity index (χ3n) is 5.34. The fourth-order valence-electron chi connectivity index (χ4n) is 3.76. The number of guanidine groups is 1. The van der Waals surface area contributed by atoms with E-state index < -0.39 is 0 Å². The first-order chi connectivity index (χ1) is 14.6. The maximum absolute atomic E-state index is 12.2. The molecule has 168 valence electrons. The van der Waals surface area contributed by atoms with Gasteiger partial charge < -0.3 is 20.3 Å². The van der Waals surface area contributed by atoms with Gasteiger partial charge in [0.15, 0.2) is 5.96 Å². The van der Waals surface area contributed by atoms with Crippen molar-refractivity contribution in [2.75, 3.05) is 39.8 Å². The van der Waals surface area contributed by atoms with Gasteiger partial charge in [-0.3, -0.25) is 9.79 Å². The van der Waals surface area contributed by atoms with Crippen molar-refractivity contribution in [1.82, 2.24) is 15.5 Å². The lowest BCUT2D eigenvalue weighted by atomic mass is 10.00. The summed E-state index contributed by atoms with van der Waals surface area (Å²) in [5, 5.41) is 6.15. The summed E-state index contributed by atoms with van der Waals surface area (Å²) in [4.78, 5) is 18.8. The van der Waals surface area contributed by atoms with E-state index >= 15 is 0 Å². The molecule has 3 rings (SSSR count). The van der Waals surface area contributed by atoms with Crippen molar-refractivity contribution in [3.63, 3.8) is 0 Å². The fourth-order valence-corrected chi connectivity index (χ4v) is 3.76. The number of nitrogens with zero attached hydrogens (tertiary/aromatic N) is 2. The summed E-state index contributed by atoms with van der Waals surface area (Å²) in [6, 6.07) is 16.6. The summed E-state index contributed by atoms with van der Waals surface area (Å²) in [6.07, 6.45) is 0.820. The molecule has 0 aliphatic carbocycles. The van der Waals surface area contributed by atoms with E-state index in [9.17, 15) is 4.79 Å². The molecule has 1 heterocycles. The van der Waals surface area contributed by atoms with Crippen LogP contribution in [0.3, 0.4) is 0 Å². The third-order valence-corrected chi connectivity index (χ3v) is 5.34. The van der Waals surface area contributed by atoms with Crippen LogP contribution in [-0.2, 0) is 16.0 Å². The number of amides is 1. The second kappa shape index (κ2) is 12.7. The Bertz CT molecular complexity index is 873. The van der Waals surface area contributed by atoms with Crippen LogP contribution in [0.25, 0.3) is 0 Å². The van der Waals surface area contributed by atoms with Gasteiger partial charge in [-0.15, -0.1) is 24.0 Å². The van der Waals surface area contributed by atoms with Crippen LogP contribution in [-0.4, -0.2) is 56.6 Å². The van der Waals surface area contributed by atoms with Gasteiger partial charge in [-0.2, -0.15) is 0 Å². The van der Waals surface area contributed by atoms with E-state index in [-0.39, 0.29) is 42.5 Å². The van der Waals surface area contributed by atoms with E-state index in [0.717, 1.165) is 18.9 Å². The molecular formula is C24H33IN4O2. The highest BCUT2D eigenvalue weighted by Crippen LogP contribution is 2.25. The van der Waals surface area contributed by atoms with Gasteiger partial charge in [-0.05, 0) is 37.0 Å². The van der Waals surface area contributed by atoms with Gasteiger partial charge in [0.2, 0.25) is 5.91 Å². The molecule has 0 spiro atoms. The molecule has 2 aromatic carbocycles. The zero-order chi connectivity index (χ0) is 21.3. The van der Waals surface area contributed by atoms with Crippen LogP contribution in [0, 0.1) is 13.8 Å². The van der Waals surface area contributed by atoms with E-state index in [1.54, 1.807) is 7.05 Å². The SMILES string of the molecule is CN=C(NCC(=O)NCCc1ccccc1)N1CCOC(c2ccc(C)cc2C)C1.I. The van der Waals surface area contributed by atoms with Crippen LogP contribution < -0.4 is 10.6 Å². The van der Waals surface area contributed by atoms with Crippen molar-refractivity contribution in [2.24, 2.45) is 4.99 Å². The monoisotopic (exact) mass is 536 g/mol. The molecule has 0 bridgehead atoms. The summed E-state index contributed by atoms with van der Waals surface area (Å²) >= 11 is 0. The Morgan fingerprint density at radius 1 is 1.16 bits per heavy atom. The van der Waals surface area contributed by atoms with E-state index in [2.05, 4.69) is 64.7 Å². The summed E-state index contributed by atoms with van der Waals surface area (Å²) in [7, 11) is 1.75. The van der Waals surface area contributed by atoms with Gasteiger partial charge in [-0.25, -0.2) is 0 Å². The lowest BCUT2D eigenvalue weighted by molar-refractivity contribution is -0.120. The average molecular weight is 536 g/mol. The highest BCUT2D eigenvalue weighted by Gasteiger charge is 2.25. The second-order valence-corrected chi connectivity index (χ2v) is 7.65. The average Bonchev–Trinajstić information content (AvgIpc) is 2.75. The standard InChI is InChI=1S/C24H32N4O2.HI/c1-18-9-10-21(19(2)15-18)22-17-28(13-14-30-22)24(25-3)27-16-23(29)26-12-11-20-7-5-4-6-8-20;/h4-10,15,22H,11-14,16-17H2,1-3H3,(H,25,27)(H,26,29);1H. The Kier molecular flexibility index (Phi) is 10.3. The van der Waals surface area contributed by atoms with Gasteiger partial charge in [0.05, 0.1) is 19.7 Å². The number of ether oxygens (including phenoxy) is 1. The molecular weight excluding hydrogens is 503 g/mol. The number of halogens is 1. The van der Waals surface area contributed by atoms with Crippen molar-refractivity contribution in [3.8, 4) is 0 Å². The van der Waals surface area contributed by atoms with Gasteiger partial charge in [-0.1, -0.05) is 54.1 Å². The molecule has 1 aliphatic heterocycles. The minimum absolute atomic E-state index is 0. The Labute approximate surface area is 202 Å². The molecule has 1 saturated heterocycles. The zero-order valence-corrected chi connectivity index (χ0v) is 20.9. The largest absolute Gasteiger partial charge is 0.370 e. The van der Waals surface area contributed by atoms with Crippen LogP contribution in [0.5, 0.6) is 0 Å². The quantitative estimate of drug-likeness (QED) is 0.338. The third kappa shape index (κ3) is 7.50. The molecule has 0 aromatic heterocycles.